The lowest BCUT2D eigenvalue weighted by Crippen LogP contribution is -2.48. The number of hydrogen-bond acceptors (Lipinski definition) is 4. The van der Waals surface area contributed by atoms with E-state index in [4.69, 9.17) is 10.5 Å². The molecule has 0 aliphatic carbocycles. The second-order valence-electron chi connectivity index (χ2n) is 5.27. The molecule has 1 aliphatic rings. The molecule has 0 amide bonds. The number of benzene rings is 1. The second kappa shape index (κ2) is 6.64. The van der Waals surface area contributed by atoms with Crippen LogP contribution in [0.4, 0.5) is 0 Å². The lowest BCUT2D eigenvalue weighted by atomic mass is 10.0. The summed E-state index contributed by atoms with van der Waals surface area (Å²) in [6.07, 6.45) is 1.39. The maximum Gasteiger partial charge on any atom is 0.243 e. The summed E-state index contributed by atoms with van der Waals surface area (Å²) in [5.74, 6) is 0.644. The molecule has 1 aromatic carbocycles. The van der Waals surface area contributed by atoms with Gasteiger partial charge in [-0.05, 0) is 60.8 Å². The molecule has 2 rings (SSSR count). The summed E-state index contributed by atoms with van der Waals surface area (Å²) in [6, 6.07) is 4.87. The number of piperidine rings is 1. The van der Waals surface area contributed by atoms with E-state index in [-0.39, 0.29) is 17.0 Å². The SMILES string of the molecule is CCOc1ccc(S(=O)(=O)N2CCC(N)CC2C)cc1Br. The van der Waals surface area contributed by atoms with Gasteiger partial charge in [0.2, 0.25) is 10.0 Å². The minimum absolute atomic E-state index is 0.0795. The number of nitrogens with two attached hydrogens (primary N) is 1. The zero-order valence-electron chi connectivity index (χ0n) is 12.3. The first-order valence-corrected chi connectivity index (χ1v) is 9.29. The quantitative estimate of drug-likeness (QED) is 0.874. The molecule has 2 N–H and O–H groups in total. The number of nitrogens with zero attached hydrogens (tertiary/aromatic N) is 1. The molecule has 1 fully saturated rings. The molecule has 7 heteroatoms. The summed E-state index contributed by atoms with van der Waals surface area (Å²) < 4.78 is 33.1. The third kappa shape index (κ3) is 3.59. The summed E-state index contributed by atoms with van der Waals surface area (Å²) in [5, 5.41) is 0. The summed E-state index contributed by atoms with van der Waals surface area (Å²) in [7, 11) is -3.50. The third-order valence-electron chi connectivity index (χ3n) is 3.67. The molecular weight excluding hydrogens is 356 g/mol. The molecule has 1 saturated heterocycles. The number of rotatable bonds is 4. The van der Waals surface area contributed by atoms with Crippen molar-refractivity contribution in [1.29, 1.82) is 0 Å². The summed E-state index contributed by atoms with van der Waals surface area (Å²) in [6.45, 7) is 4.79. The smallest absolute Gasteiger partial charge is 0.243 e. The van der Waals surface area contributed by atoms with Crippen molar-refractivity contribution in [1.82, 2.24) is 4.31 Å². The van der Waals surface area contributed by atoms with Gasteiger partial charge in [0.05, 0.1) is 16.0 Å². The van der Waals surface area contributed by atoms with Gasteiger partial charge in [0.15, 0.2) is 0 Å². The Kier molecular flexibility index (Phi) is 5.29. The summed E-state index contributed by atoms with van der Waals surface area (Å²) in [5.41, 5.74) is 5.90. The molecule has 0 bridgehead atoms. The fourth-order valence-electron chi connectivity index (χ4n) is 2.59. The van der Waals surface area contributed by atoms with E-state index in [1.807, 2.05) is 13.8 Å². The van der Waals surface area contributed by atoms with E-state index in [0.717, 1.165) is 0 Å². The van der Waals surface area contributed by atoms with Crippen LogP contribution >= 0.6 is 15.9 Å². The average Bonchev–Trinajstić information content (AvgIpc) is 2.40. The van der Waals surface area contributed by atoms with Crippen molar-refractivity contribution in [3.05, 3.63) is 22.7 Å². The van der Waals surface area contributed by atoms with E-state index in [2.05, 4.69) is 15.9 Å². The fraction of sp³-hybridized carbons (Fsp3) is 0.571. The van der Waals surface area contributed by atoms with Crippen LogP contribution in [0, 0.1) is 0 Å². The number of sulfonamides is 1. The number of ether oxygens (including phenoxy) is 1. The van der Waals surface area contributed by atoms with Crippen molar-refractivity contribution in [3.63, 3.8) is 0 Å². The molecule has 0 spiro atoms. The predicted octanol–water partition coefficient (Wildman–Crippen LogP) is 2.35. The van der Waals surface area contributed by atoms with Gasteiger partial charge < -0.3 is 10.5 Å². The van der Waals surface area contributed by atoms with Crippen LogP contribution < -0.4 is 10.5 Å². The Bertz CT molecular complexity index is 606. The van der Waals surface area contributed by atoms with Gasteiger partial charge in [-0.25, -0.2) is 8.42 Å². The van der Waals surface area contributed by atoms with Crippen LogP contribution in [-0.4, -0.2) is 38.0 Å². The largest absolute Gasteiger partial charge is 0.493 e. The molecular formula is C14H21BrN2O3S. The van der Waals surface area contributed by atoms with E-state index in [1.165, 1.54) is 0 Å². The molecule has 1 aliphatic heterocycles. The Balaban J connectivity index is 2.29. The predicted molar refractivity (Wildman–Crippen MR) is 85.9 cm³/mol. The first-order valence-electron chi connectivity index (χ1n) is 7.06. The molecule has 118 valence electrons. The molecule has 1 heterocycles. The van der Waals surface area contributed by atoms with Gasteiger partial charge in [-0.3, -0.25) is 0 Å². The van der Waals surface area contributed by atoms with Gasteiger partial charge in [-0.2, -0.15) is 4.31 Å². The lowest BCUT2D eigenvalue weighted by molar-refractivity contribution is 0.247. The van der Waals surface area contributed by atoms with Crippen molar-refractivity contribution in [2.24, 2.45) is 5.73 Å². The van der Waals surface area contributed by atoms with Crippen LogP contribution in [0.25, 0.3) is 0 Å². The van der Waals surface area contributed by atoms with Crippen LogP contribution in [-0.2, 0) is 10.0 Å². The van der Waals surface area contributed by atoms with E-state index in [0.29, 0.717) is 36.2 Å². The van der Waals surface area contributed by atoms with Crippen LogP contribution in [0.3, 0.4) is 0 Å². The van der Waals surface area contributed by atoms with Crippen molar-refractivity contribution in [2.45, 2.75) is 43.7 Å². The Morgan fingerprint density at radius 3 is 2.76 bits per heavy atom. The first-order chi connectivity index (χ1) is 9.86. The molecule has 0 radical (unpaired) electrons. The van der Waals surface area contributed by atoms with Gasteiger partial charge in [-0.1, -0.05) is 0 Å². The highest BCUT2D eigenvalue weighted by molar-refractivity contribution is 9.10. The highest BCUT2D eigenvalue weighted by atomic mass is 79.9. The zero-order valence-corrected chi connectivity index (χ0v) is 14.7. The molecule has 5 nitrogen and oxygen atoms in total. The number of halogens is 1. The van der Waals surface area contributed by atoms with Gasteiger partial charge in [-0.15, -0.1) is 0 Å². The van der Waals surface area contributed by atoms with Crippen molar-refractivity contribution in [3.8, 4) is 5.75 Å². The van der Waals surface area contributed by atoms with Crippen molar-refractivity contribution >= 4 is 26.0 Å². The Hall–Kier alpha value is -0.630. The maximum absolute atomic E-state index is 12.7. The molecule has 1 aromatic rings. The molecule has 0 saturated carbocycles. The Labute approximate surface area is 134 Å². The van der Waals surface area contributed by atoms with Crippen LogP contribution in [0.5, 0.6) is 5.75 Å². The van der Waals surface area contributed by atoms with Gasteiger partial charge in [0.1, 0.15) is 5.75 Å². The van der Waals surface area contributed by atoms with Crippen molar-refractivity contribution in [2.75, 3.05) is 13.2 Å². The molecule has 2 atom stereocenters. The highest BCUT2D eigenvalue weighted by Crippen LogP contribution is 2.31. The minimum Gasteiger partial charge on any atom is -0.493 e. The van der Waals surface area contributed by atoms with E-state index >= 15 is 0 Å². The normalized spacial score (nSPS) is 24.0. The maximum atomic E-state index is 12.7. The summed E-state index contributed by atoms with van der Waals surface area (Å²) >= 11 is 3.36. The third-order valence-corrected chi connectivity index (χ3v) is 6.29. The average molecular weight is 377 g/mol. The van der Waals surface area contributed by atoms with Crippen molar-refractivity contribution < 1.29 is 13.2 Å². The van der Waals surface area contributed by atoms with Crippen LogP contribution in [0.2, 0.25) is 0 Å². The van der Waals surface area contributed by atoms with E-state index < -0.39 is 10.0 Å². The van der Waals surface area contributed by atoms with E-state index in [9.17, 15) is 8.42 Å². The van der Waals surface area contributed by atoms with E-state index in [1.54, 1.807) is 22.5 Å². The zero-order chi connectivity index (χ0) is 15.6. The van der Waals surface area contributed by atoms with Crippen LogP contribution in [0.1, 0.15) is 26.7 Å². The fourth-order valence-corrected chi connectivity index (χ4v) is 4.92. The Morgan fingerprint density at radius 2 is 2.19 bits per heavy atom. The first kappa shape index (κ1) is 16.7. The lowest BCUT2D eigenvalue weighted by Gasteiger charge is -2.35. The minimum atomic E-state index is -3.50. The monoisotopic (exact) mass is 376 g/mol. The topological polar surface area (TPSA) is 72.6 Å². The molecule has 0 aromatic heterocycles. The van der Waals surface area contributed by atoms with Crippen LogP contribution in [0.15, 0.2) is 27.6 Å². The van der Waals surface area contributed by atoms with Gasteiger partial charge in [0.25, 0.3) is 0 Å². The highest BCUT2D eigenvalue weighted by Gasteiger charge is 2.33. The van der Waals surface area contributed by atoms with Gasteiger partial charge >= 0.3 is 0 Å². The molecule has 21 heavy (non-hydrogen) atoms. The Morgan fingerprint density at radius 1 is 1.48 bits per heavy atom. The molecule has 2 unspecified atom stereocenters. The number of hydrogen-bond donors (Lipinski definition) is 1. The summed E-state index contributed by atoms with van der Waals surface area (Å²) in [4.78, 5) is 0.278. The standard InChI is InChI=1S/C14H21BrN2O3S/c1-3-20-14-5-4-12(9-13(14)15)21(18,19)17-7-6-11(16)8-10(17)2/h4-5,9-11H,3,6-8,16H2,1-2H3. The van der Waals surface area contributed by atoms with Gasteiger partial charge in [0, 0.05) is 18.6 Å². The second-order valence-corrected chi connectivity index (χ2v) is 8.02.